The van der Waals surface area contributed by atoms with E-state index in [1.807, 2.05) is 4.68 Å². The highest BCUT2D eigenvalue weighted by atomic mass is 16.5. The van der Waals surface area contributed by atoms with Crippen molar-refractivity contribution in [1.29, 1.82) is 0 Å². The summed E-state index contributed by atoms with van der Waals surface area (Å²) < 4.78 is 7.03. The van der Waals surface area contributed by atoms with Crippen LogP contribution in [-0.4, -0.2) is 35.0 Å². The highest BCUT2D eigenvalue weighted by Gasteiger charge is 2.04. The summed E-state index contributed by atoms with van der Waals surface area (Å²) in [6, 6.07) is 0. The lowest BCUT2D eigenvalue weighted by molar-refractivity contribution is 0.158. The van der Waals surface area contributed by atoms with Gasteiger partial charge in [-0.15, -0.1) is 0 Å². The van der Waals surface area contributed by atoms with E-state index < -0.39 is 0 Å². The number of ether oxygens (including phenoxy) is 1. The summed E-state index contributed by atoms with van der Waals surface area (Å²) >= 11 is 0. The molecule has 0 saturated carbocycles. The summed E-state index contributed by atoms with van der Waals surface area (Å²) in [5.41, 5.74) is 0. The van der Waals surface area contributed by atoms with Gasteiger partial charge in [0.25, 0.3) is 0 Å². The van der Waals surface area contributed by atoms with E-state index in [1.165, 1.54) is 0 Å². The Morgan fingerprint density at radius 3 is 3.06 bits per heavy atom. The van der Waals surface area contributed by atoms with E-state index in [9.17, 15) is 0 Å². The van der Waals surface area contributed by atoms with Gasteiger partial charge in [-0.05, 0) is 12.3 Å². The third kappa shape index (κ3) is 4.28. The Hall–Kier alpha value is -0.940. The van der Waals surface area contributed by atoms with Gasteiger partial charge in [-0.25, -0.2) is 9.67 Å². The van der Waals surface area contributed by atoms with Crippen molar-refractivity contribution in [2.24, 2.45) is 5.92 Å². The second kappa shape index (κ2) is 7.35. The summed E-state index contributed by atoms with van der Waals surface area (Å²) in [5, 5.41) is 7.55. The van der Waals surface area contributed by atoms with Gasteiger partial charge in [0.05, 0.1) is 6.54 Å². The predicted molar refractivity (Wildman–Crippen MR) is 63.1 cm³/mol. The van der Waals surface area contributed by atoms with Crippen LogP contribution in [-0.2, 0) is 17.8 Å². The first-order valence-electron chi connectivity index (χ1n) is 5.84. The van der Waals surface area contributed by atoms with Gasteiger partial charge in [0.2, 0.25) is 0 Å². The van der Waals surface area contributed by atoms with E-state index >= 15 is 0 Å². The molecule has 0 saturated heterocycles. The number of aromatic nitrogens is 3. The highest BCUT2D eigenvalue weighted by Crippen LogP contribution is 1.97. The molecule has 0 aliphatic heterocycles. The first-order valence-corrected chi connectivity index (χ1v) is 5.84. The van der Waals surface area contributed by atoms with Gasteiger partial charge in [0.1, 0.15) is 12.2 Å². The summed E-state index contributed by atoms with van der Waals surface area (Å²) in [6.45, 7) is 7.73. The first kappa shape index (κ1) is 13.1. The number of aryl methyl sites for hydroxylation is 1. The molecule has 1 rings (SSSR count). The van der Waals surface area contributed by atoms with Gasteiger partial charge in [-0.3, -0.25) is 0 Å². The van der Waals surface area contributed by atoms with Crippen LogP contribution in [0, 0.1) is 5.92 Å². The minimum atomic E-state index is 0.521. The Bertz CT molecular complexity index is 287. The van der Waals surface area contributed by atoms with E-state index in [0.717, 1.165) is 38.5 Å². The Labute approximate surface area is 97.2 Å². The van der Waals surface area contributed by atoms with Crippen LogP contribution in [0.2, 0.25) is 0 Å². The normalized spacial score (nSPS) is 12.9. The summed E-state index contributed by atoms with van der Waals surface area (Å²) in [7, 11) is 1.73. The van der Waals surface area contributed by atoms with Crippen LogP contribution in [0.15, 0.2) is 6.33 Å². The molecule has 16 heavy (non-hydrogen) atoms. The summed E-state index contributed by atoms with van der Waals surface area (Å²) in [5.74, 6) is 1.53. The van der Waals surface area contributed by atoms with Gasteiger partial charge in [0, 0.05) is 26.8 Å². The molecule has 1 heterocycles. The second-order valence-corrected chi connectivity index (χ2v) is 4.09. The topological polar surface area (TPSA) is 52.0 Å². The standard InChI is InChI=1S/C11H22N4O/c1-4-5-15-11(13-9-14-15)7-12-6-10(2)8-16-3/h9-10,12H,4-8H2,1-3H3. The molecule has 5 nitrogen and oxygen atoms in total. The lowest BCUT2D eigenvalue weighted by Gasteiger charge is -2.11. The fourth-order valence-electron chi connectivity index (χ4n) is 1.60. The van der Waals surface area contributed by atoms with Gasteiger partial charge in [-0.1, -0.05) is 13.8 Å². The van der Waals surface area contributed by atoms with Crippen molar-refractivity contribution in [2.45, 2.75) is 33.4 Å². The third-order valence-corrected chi connectivity index (χ3v) is 2.36. The van der Waals surface area contributed by atoms with Crippen molar-refractivity contribution in [2.75, 3.05) is 20.3 Å². The lowest BCUT2D eigenvalue weighted by Crippen LogP contribution is -2.25. The average molecular weight is 226 g/mol. The number of nitrogens with one attached hydrogen (secondary N) is 1. The average Bonchev–Trinajstić information content (AvgIpc) is 2.67. The molecule has 0 aliphatic rings. The zero-order chi connectivity index (χ0) is 11.8. The molecule has 92 valence electrons. The minimum absolute atomic E-state index is 0.521. The largest absolute Gasteiger partial charge is 0.384 e. The van der Waals surface area contributed by atoms with Crippen LogP contribution in [0.5, 0.6) is 0 Å². The molecule has 0 aliphatic carbocycles. The molecule has 1 aromatic heterocycles. The number of rotatable bonds is 8. The molecule has 5 heteroatoms. The monoisotopic (exact) mass is 226 g/mol. The van der Waals surface area contributed by atoms with E-state index in [4.69, 9.17) is 4.74 Å². The van der Waals surface area contributed by atoms with Crippen molar-refractivity contribution >= 4 is 0 Å². The zero-order valence-electron chi connectivity index (χ0n) is 10.4. The Kier molecular flexibility index (Phi) is 6.03. The van der Waals surface area contributed by atoms with Gasteiger partial charge < -0.3 is 10.1 Å². The van der Waals surface area contributed by atoms with Crippen LogP contribution in [0.25, 0.3) is 0 Å². The van der Waals surface area contributed by atoms with Crippen molar-refractivity contribution in [3.63, 3.8) is 0 Å². The third-order valence-electron chi connectivity index (χ3n) is 2.36. The molecule has 0 radical (unpaired) electrons. The molecule has 1 unspecified atom stereocenters. The van der Waals surface area contributed by atoms with Crippen LogP contribution < -0.4 is 5.32 Å². The van der Waals surface area contributed by atoms with Gasteiger partial charge >= 0.3 is 0 Å². The molecule has 0 spiro atoms. The number of nitrogens with zero attached hydrogens (tertiary/aromatic N) is 3. The van der Waals surface area contributed by atoms with E-state index in [1.54, 1.807) is 13.4 Å². The SMILES string of the molecule is CCCn1ncnc1CNCC(C)COC. The summed E-state index contributed by atoms with van der Waals surface area (Å²) in [4.78, 5) is 4.24. The Balaban J connectivity index is 2.28. The van der Waals surface area contributed by atoms with E-state index in [0.29, 0.717) is 5.92 Å². The molecule has 1 N–H and O–H groups in total. The number of methoxy groups -OCH3 is 1. The molecule has 0 bridgehead atoms. The Morgan fingerprint density at radius 2 is 2.38 bits per heavy atom. The smallest absolute Gasteiger partial charge is 0.140 e. The Morgan fingerprint density at radius 1 is 1.56 bits per heavy atom. The maximum atomic E-state index is 5.08. The first-order chi connectivity index (χ1) is 7.77. The van der Waals surface area contributed by atoms with Crippen molar-refractivity contribution in [3.8, 4) is 0 Å². The van der Waals surface area contributed by atoms with Crippen LogP contribution in [0.1, 0.15) is 26.1 Å². The van der Waals surface area contributed by atoms with Crippen molar-refractivity contribution < 1.29 is 4.74 Å². The van der Waals surface area contributed by atoms with Crippen LogP contribution in [0.4, 0.5) is 0 Å². The fraction of sp³-hybridized carbons (Fsp3) is 0.818. The quantitative estimate of drug-likeness (QED) is 0.720. The van der Waals surface area contributed by atoms with Crippen LogP contribution in [0.3, 0.4) is 0 Å². The van der Waals surface area contributed by atoms with Crippen LogP contribution >= 0.6 is 0 Å². The molecular weight excluding hydrogens is 204 g/mol. The molecular formula is C11H22N4O. The molecule has 1 atom stereocenters. The molecule has 0 aromatic carbocycles. The van der Waals surface area contributed by atoms with Crippen molar-refractivity contribution in [1.82, 2.24) is 20.1 Å². The number of hydrogen-bond donors (Lipinski definition) is 1. The minimum Gasteiger partial charge on any atom is -0.384 e. The zero-order valence-corrected chi connectivity index (χ0v) is 10.4. The highest BCUT2D eigenvalue weighted by molar-refractivity contribution is 4.83. The molecule has 0 amide bonds. The second-order valence-electron chi connectivity index (χ2n) is 4.09. The maximum Gasteiger partial charge on any atom is 0.140 e. The van der Waals surface area contributed by atoms with Crippen molar-refractivity contribution in [3.05, 3.63) is 12.2 Å². The fourth-order valence-corrected chi connectivity index (χ4v) is 1.60. The number of hydrogen-bond acceptors (Lipinski definition) is 4. The maximum absolute atomic E-state index is 5.08. The van der Waals surface area contributed by atoms with Gasteiger partial charge in [-0.2, -0.15) is 5.10 Å². The predicted octanol–water partition coefficient (Wildman–Crippen LogP) is 1.06. The lowest BCUT2D eigenvalue weighted by atomic mass is 10.2. The molecule has 0 fully saturated rings. The summed E-state index contributed by atoms with van der Waals surface area (Å²) in [6.07, 6.45) is 2.70. The van der Waals surface area contributed by atoms with E-state index in [2.05, 4.69) is 29.2 Å². The molecule has 1 aromatic rings. The van der Waals surface area contributed by atoms with Gasteiger partial charge in [0.15, 0.2) is 0 Å². The van der Waals surface area contributed by atoms with E-state index in [-0.39, 0.29) is 0 Å².